The Hall–Kier alpha value is -2.12. The molecule has 0 fully saturated rings. The van der Waals surface area contributed by atoms with Crippen molar-refractivity contribution < 1.29 is 39.6 Å². The summed E-state index contributed by atoms with van der Waals surface area (Å²) in [6.45, 7) is 0. The van der Waals surface area contributed by atoms with Gasteiger partial charge in [0.15, 0.2) is 0 Å². The van der Waals surface area contributed by atoms with Crippen LogP contribution in [0.4, 0.5) is 0 Å². The van der Waals surface area contributed by atoms with Crippen molar-refractivity contribution in [3.8, 4) is 0 Å². The molecule has 0 bridgehead atoms. The fraction of sp³-hybridized carbons (Fsp3) is 0.800. The van der Waals surface area contributed by atoms with Crippen LogP contribution in [0.15, 0.2) is 0 Å². The molecule has 4 N–H and O–H groups in total. The molecular formula is C20H36O8. The minimum absolute atomic E-state index is 0.245. The average Bonchev–Trinajstić information content (AvgIpc) is 2.59. The van der Waals surface area contributed by atoms with E-state index in [1.807, 2.05) is 0 Å². The molecule has 0 saturated heterocycles. The van der Waals surface area contributed by atoms with Gasteiger partial charge in [-0.05, 0) is 25.7 Å². The molecule has 0 aromatic carbocycles. The van der Waals surface area contributed by atoms with Gasteiger partial charge in [-0.15, -0.1) is 0 Å². The van der Waals surface area contributed by atoms with Crippen molar-refractivity contribution in [2.45, 2.75) is 103 Å². The molecule has 0 aromatic heterocycles. The van der Waals surface area contributed by atoms with Gasteiger partial charge >= 0.3 is 23.9 Å². The minimum atomic E-state index is -0.740. The number of aliphatic carboxylic acids is 4. The highest BCUT2D eigenvalue weighted by Gasteiger charge is 1.99. The number of rotatable bonds is 18. The molecule has 0 spiro atoms. The van der Waals surface area contributed by atoms with Crippen LogP contribution >= 0.6 is 0 Å². The van der Waals surface area contributed by atoms with Gasteiger partial charge in [0.1, 0.15) is 0 Å². The number of hydrogen-bond donors (Lipinski definition) is 4. The van der Waals surface area contributed by atoms with Crippen LogP contribution in [0.1, 0.15) is 103 Å². The number of carboxylic acid groups (broad SMARTS) is 4. The molecule has 0 amide bonds. The first kappa shape index (κ1) is 28.1. The minimum Gasteiger partial charge on any atom is -0.481 e. The summed E-state index contributed by atoms with van der Waals surface area (Å²) in [6, 6.07) is 0. The highest BCUT2D eigenvalue weighted by molar-refractivity contribution is 5.67. The summed E-state index contributed by atoms with van der Waals surface area (Å²) >= 11 is 0. The molecule has 0 aliphatic heterocycles. The van der Waals surface area contributed by atoms with E-state index in [2.05, 4.69) is 0 Å². The quantitative estimate of drug-likeness (QED) is 0.243. The zero-order valence-electron chi connectivity index (χ0n) is 16.7. The molecule has 0 aromatic rings. The van der Waals surface area contributed by atoms with E-state index in [1.165, 1.54) is 0 Å². The van der Waals surface area contributed by atoms with E-state index in [4.69, 9.17) is 20.4 Å². The van der Waals surface area contributed by atoms with Crippen LogP contribution in [0.2, 0.25) is 0 Å². The zero-order valence-corrected chi connectivity index (χ0v) is 16.7. The van der Waals surface area contributed by atoms with Crippen LogP contribution in [0.25, 0.3) is 0 Å². The van der Waals surface area contributed by atoms with Crippen LogP contribution in [0.3, 0.4) is 0 Å². The SMILES string of the molecule is O=C(O)CCCCCCCCC(=O)O.O=C(O)CCCCCCCCC(=O)O. The van der Waals surface area contributed by atoms with Gasteiger partial charge in [-0.2, -0.15) is 0 Å². The van der Waals surface area contributed by atoms with Crippen molar-refractivity contribution >= 4 is 23.9 Å². The van der Waals surface area contributed by atoms with Crippen LogP contribution in [-0.4, -0.2) is 44.3 Å². The smallest absolute Gasteiger partial charge is 0.303 e. The van der Waals surface area contributed by atoms with E-state index >= 15 is 0 Å². The maximum Gasteiger partial charge on any atom is 0.303 e. The lowest BCUT2D eigenvalue weighted by Gasteiger charge is -1.98. The molecule has 0 radical (unpaired) electrons. The zero-order chi connectivity index (χ0) is 21.6. The third-order valence-electron chi connectivity index (χ3n) is 4.06. The van der Waals surface area contributed by atoms with Crippen molar-refractivity contribution in [1.82, 2.24) is 0 Å². The normalized spacial score (nSPS) is 10.0. The first-order valence-electron chi connectivity index (χ1n) is 10.1. The van der Waals surface area contributed by atoms with Crippen LogP contribution in [0, 0.1) is 0 Å². The molecule has 8 nitrogen and oxygen atoms in total. The van der Waals surface area contributed by atoms with Gasteiger partial charge in [-0.1, -0.05) is 51.4 Å². The number of unbranched alkanes of at least 4 members (excludes halogenated alkanes) is 10. The summed E-state index contributed by atoms with van der Waals surface area (Å²) in [5, 5.41) is 33.4. The fourth-order valence-corrected chi connectivity index (χ4v) is 2.52. The summed E-state index contributed by atoms with van der Waals surface area (Å²) in [7, 11) is 0. The van der Waals surface area contributed by atoms with Crippen molar-refractivity contribution in [2.75, 3.05) is 0 Å². The standard InChI is InChI=1S/2C10H18O4/c2*11-9(12)7-5-3-1-2-4-6-8-10(13)14/h2*1-8H2,(H,11,12)(H,13,14). The molecule has 164 valence electrons. The topological polar surface area (TPSA) is 149 Å². The molecule has 0 unspecified atom stereocenters. The number of carboxylic acids is 4. The van der Waals surface area contributed by atoms with Crippen LogP contribution in [-0.2, 0) is 19.2 Å². The summed E-state index contributed by atoms with van der Waals surface area (Å²) in [5.74, 6) is -2.96. The van der Waals surface area contributed by atoms with Gasteiger partial charge in [0.05, 0.1) is 0 Å². The van der Waals surface area contributed by atoms with Gasteiger partial charge < -0.3 is 20.4 Å². The van der Waals surface area contributed by atoms with E-state index in [-0.39, 0.29) is 25.7 Å². The van der Waals surface area contributed by atoms with E-state index in [1.54, 1.807) is 0 Å². The van der Waals surface area contributed by atoms with Crippen molar-refractivity contribution in [3.05, 3.63) is 0 Å². The Labute approximate surface area is 167 Å². The molecule has 0 rings (SSSR count). The Morgan fingerprint density at radius 1 is 0.321 bits per heavy atom. The predicted molar refractivity (Wildman–Crippen MR) is 104 cm³/mol. The first-order chi connectivity index (χ1) is 13.3. The van der Waals surface area contributed by atoms with Gasteiger partial charge in [-0.25, -0.2) is 0 Å². The molecule has 0 aliphatic carbocycles. The fourth-order valence-electron chi connectivity index (χ4n) is 2.52. The molecule has 0 saturated carbocycles. The third kappa shape index (κ3) is 31.6. The molecule has 0 aliphatic rings. The lowest BCUT2D eigenvalue weighted by molar-refractivity contribution is -0.138. The van der Waals surface area contributed by atoms with Gasteiger partial charge in [0.2, 0.25) is 0 Å². The maximum absolute atomic E-state index is 10.1. The Morgan fingerprint density at radius 2 is 0.464 bits per heavy atom. The lowest BCUT2D eigenvalue weighted by atomic mass is 10.1. The predicted octanol–water partition coefficient (Wildman–Crippen LogP) is 4.55. The van der Waals surface area contributed by atoms with Crippen molar-refractivity contribution in [2.24, 2.45) is 0 Å². The second-order valence-corrected chi connectivity index (χ2v) is 6.82. The van der Waals surface area contributed by atoms with E-state index in [0.717, 1.165) is 77.0 Å². The summed E-state index contributed by atoms with van der Waals surface area (Å²) in [4.78, 5) is 40.6. The molecule has 8 heteroatoms. The van der Waals surface area contributed by atoms with Crippen molar-refractivity contribution in [3.63, 3.8) is 0 Å². The third-order valence-corrected chi connectivity index (χ3v) is 4.06. The molecule has 28 heavy (non-hydrogen) atoms. The Bertz CT molecular complexity index is 354. The maximum atomic E-state index is 10.1. The van der Waals surface area contributed by atoms with Gasteiger partial charge in [-0.3, -0.25) is 19.2 Å². The van der Waals surface area contributed by atoms with E-state index < -0.39 is 23.9 Å². The second-order valence-electron chi connectivity index (χ2n) is 6.82. The average molecular weight is 405 g/mol. The molecular weight excluding hydrogens is 368 g/mol. The summed E-state index contributed by atoms with van der Waals surface area (Å²) < 4.78 is 0. The number of carbonyl (C=O) groups is 4. The lowest BCUT2D eigenvalue weighted by Crippen LogP contribution is -1.94. The largest absolute Gasteiger partial charge is 0.481 e. The summed E-state index contributed by atoms with van der Waals surface area (Å²) in [5.41, 5.74) is 0. The van der Waals surface area contributed by atoms with Gasteiger partial charge in [0.25, 0.3) is 0 Å². The Kier molecular flexibility index (Phi) is 21.3. The second kappa shape index (κ2) is 21.2. The summed E-state index contributed by atoms with van der Waals surface area (Å²) in [6.07, 6.45) is 11.6. The Morgan fingerprint density at radius 3 is 0.607 bits per heavy atom. The molecule has 0 heterocycles. The van der Waals surface area contributed by atoms with Gasteiger partial charge in [0, 0.05) is 25.7 Å². The molecule has 0 atom stereocenters. The van der Waals surface area contributed by atoms with E-state index in [0.29, 0.717) is 0 Å². The van der Waals surface area contributed by atoms with Crippen molar-refractivity contribution in [1.29, 1.82) is 0 Å². The van der Waals surface area contributed by atoms with Crippen LogP contribution < -0.4 is 0 Å². The number of hydrogen-bond acceptors (Lipinski definition) is 4. The van der Waals surface area contributed by atoms with E-state index in [9.17, 15) is 19.2 Å². The van der Waals surface area contributed by atoms with Crippen LogP contribution in [0.5, 0.6) is 0 Å². The Balaban J connectivity index is 0. The first-order valence-corrected chi connectivity index (χ1v) is 10.1. The highest BCUT2D eigenvalue weighted by Crippen LogP contribution is 2.09. The monoisotopic (exact) mass is 404 g/mol. The highest BCUT2D eigenvalue weighted by atomic mass is 16.4.